The number of nitro groups is 4. The van der Waals surface area contributed by atoms with Crippen molar-refractivity contribution in [3.63, 3.8) is 0 Å². The lowest BCUT2D eigenvalue weighted by Gasteiger charge is -2.03. The SMILES string of the molecule is Cc1[nH]c2ccccc2c1-c1nc(-c2cccc([N+](=O)[O-])c2)c(-c2cccc([N+](=O)[O-])c2)[nH]1.Cc1[nH]c2ccccc2c1-c1nc(-c2ccccc2)c(-c2ccc(Cl)cc2)[nH]1.Clc1ccc(-c2[nH]c(-c3c[nH]c4ccc(Br)cc34)nc2-c2ccccc2)cc1.O=[N+]([O-])c1cccc(-c2nc(-c3c[nH]c4ccc(Br)cc34)[nH]c2-c2cccc([N+](=O)[O-])c2)c1. The lowest BCUT2D eigenvalue weighted by molar-refractivity contribution is -0.385. The molecule has 20 rings (SSSR count). The predicted octanol–water partition coefficient (Wildman–Crippen LogP) is 26.6. The fourth-order valence-corrected chi connectivity index (χ4v) is 15.9. The zero-order chi connectivity index (χ0) is 84.4. The van der Waals surface area contributed by atoms with Crippen LogP contribution in [0.15, 0.2) is 313 Å². The molecule has 24 nitrogen and oxygen atoms in total. The van der Waals surface area contributed by atoms with Crippen LogP contribution < -0.4 is 0 Å². The van der Waals surface area contributed by atoms with Crippen LogP contribution in [0.1, 0.15) is 11.4 Å². The number of aromatic nitrogens is 12. The van der Waals surface area contributed by atoms with Gasteiger partial charge in [-0.3, -0.25) is 40.5 Å². The minimum absolute atomic E-state index is 0.0584. The predicted molar refractivity (Wildman–Crippen MR) is 489 cm³/mol. The van der Waals surface area contributed by atoms with Crippen molar-refractivity contribution in [1.29, 1.82) is 0 Å². The number of H-pyrrole nitrogens is 8. The molecule has 12 aromatic carbocycles. The van der Waals surface area contributed by atoms with Gasteiger partial charge < -0.3 is 39.9 Å². The maximum atomic E-state index is 11.3. The quantitative estimate of drug-likeness (QED) is 0.0331. The van der Waals surface area contributed by atoms with E-state index in [0.717, 1.165) is 148 Å². The molecule has 0 saturated heterocycles. The number of non-ortho nitro benzene ring substituents is 4. The summed E-state index contributed by atoms with van der Waals surface area (Å²) in [5.74, 6) is 2.78. The number of hydrogen-bond acceptors (Lipinski definition) is 12. The number of nitro benzene ring substituents is 4. The first kappa shape index (κ1) is 79.3. The van der Waals surface area contributed by atoms with Crippen molar-refractivity contribution in [2.45, 2.75) is 13.8 Å². The summed E-state index contributed by atoms with van der Waals surface area (Å²) in [6.07, 6.45) is 3.82. The summed E-state index contributed by atoms with van der Waals surface area (Å²) in [5, 5.41) is 50.9. The Balaban J connectivity index is 0.000000116. The standard InChI is InChI=1S/C24H18ClN3.C24H17N5O4.C23H15BrClN3.C23H14BrN5O4/c1-15-21(19-9-5-6-10-20(19)26-15)24-27-22(16-7-3-2-4-8-16)23(28-24)17-11-13-18(25)14-12-17;1-14-21(19-10-2-3-11-20(19)25-14)24-26-22(15-6-4-8-17(12-15)28(30)31)23(27-24)16-7-5-9-18(13-16)29(32)33;24-16-8-11-20-18(12-16)19(13-26-20)23-27-21(14-4-2-1-3-5-14)22(28-23)15-6-9-17(25)10-7-15;24-15-7-8-20-18(11-15)19(12-25-20)23-26-21(13-3-1-5-16(9-13)28(30)31)22(27-23)14-4-2-6-17(10-14)29(32)33/h2-14,26H,1H3,(H,27,28);2-13,25H,1H3,(H,26,27);1-13,26H,(H,27,28);1-12,25H,(H,26,27). The van der Waals surface area contributed by atoms with Gasteiger partial charge in [-0.1, -0.05) is 225 Å². The van der Waals surface area contributed by atoms with Crippen LogP contribution in [0.3, 0.4) is 0 Å². The van der Waals surface area contributed by atoms with Crippen molar-refractivity contribution in [2.75, 3.05) is 0 Å². The van der Waals surface area contributed by atoms with Gasteiger partial charge in [0.2, 0.25) is 0 Å². The molecule has 8 N–H and O–H groups in total. The van der Waals surface area contributed by atoms with Gasteiger partial charge in [0.15, 0.2) is 0 Å². The third-order valence-corrected chi connectivity index (χ3v) is 22.1. The van der Waals surface area contributed by atoms with Gasteiger partial charge in [0.05, 0.1) is 65.2 Å². The van der Waals surface area contributed by atoms with E-state index in [1.54, 1.807) is 48.5 Å². The molecule has 0 atom stereocenters. The molecule has 8 heterocycles. The molecule has 122 heavy (non-hydrogen) atoms. The fourth-order valence-electron chi connectivity index (χ4n) is 14.9. The van der Waals surface area contributed by atoms with Crippen molar-refractivity contribution < 1.29 is 19.7 Å². The second-order valence-corrected chi connectivity index (χ2v) is 31.0. The second kappa shape index (κ2) is 34.0. The van der Waals surface area contributed by atoms with Crippen molar-refractivity contribution in [2.24, 2.45) is 0 Å². The summed E-state index contributed by atoms with van der Waals surface area (Å²) in [7, 11) is 0. The zero-order valence-electron chi connectivity index (χ0n) is 64.2. The molecule has 28 heteroatoms. The van der Waals surface area contributed by atoms with Crippen LogP contribution >= 0.6 is 55.1 Å². The number of nitrogens with one attached hydrogen (secondary N) is 8. The number of rotatable bonds is 16. The Morgan fingerprint density at radius 3 is 0.959 bits per heavy atom. The molecule has 0 aliphatic carbocycles. The van der Waals surface area contributed by atoms with Gasteiger partial charge in [0, 0.05) is 202 Å². The molecule has 0 saturated carbocycles. The van der Waals surface area contributed by atoms with Crippen molar-refractivity contribution in [1.82, 2.24) is 59.8 Å². The van der Waals surface area contributed by atoms with Gasteiger partial charge in [-0.2, -0.15) is 0 Å². The minimum atomic E-state index is -0.471. The molecule has 0 aliphatic heterocycles. The Morgan fingerprint density at radius 2 is 0.590 bits per heavy atom. The Bertz CT molecular complexity index is 7250. The third kappa shape index (κ3) is 16.3. The first-order chi connectivity index (χ1) is 59.2. The van der Waals surface area contributed by atoms with Crippen LogP contribution in [0.25, 0.3) is 179 Å². The highest BCUT2D eigenvalue weighted by Gasteiger charge is 2.26. The van der Waals surface area contributed by atoms with E-state index in [1.165, 1.54) is 48.5 Å². The summed E-state index contributed by atoms with van der Waals surface area (Å²) >= 11 is 19.2. The average Bonchev–Trinajstić information content (AvgIpc) is 1.62. The van der Waals surface area contributed by atoms with Gasteiger partial charge in [-0.25, -0.2) is 19.9 Å². The maximum Gasteiger partial charge on any atom is 0.270 e. The van der Waals surface area contributed by atoms with Gasteiger partial charge in [0.25, 0.3) is 22.7 Å². The van der Waals surface area contributed by atoms with E-state index in [-0.39, 0.29) is 22.7 Å². The van der Waals surface area contributed by atoms with E-state index < -0.39 is 19.7 Å². The molecular weight excluding hydrogens is 1710 g/mol. The van der Waals surface area contributed by atoms with Crippen LogP contribution in [0.4, 0.5) is 22.7 Å². The van der Waals surface area contributed by atoms with Crippen LogP contribution in [0.5, 0.6) is 0 Å². The van der Waals surface area contributed by atoms with Crippen LogP contribution in [0, 0.1) is 54.3 Å². The van der Waals surface area contributed by atoms with Gasteiger partial charge in [-0.05, 0) is 86.6 Å². The number of imidazole rings is 4. The number of fused-ring (bicyclic) bond motifs is 4. The van der Waals surface area contributed by atoms with Gasteiger partial charge >= 0.3 is 0 Å². The largest absolute Gasteiger partial charge is 0.360 e. The summed E-state index contributed by atoms with van der Waals surface area (Å²) in [4.78, 5) is 90.1. The van der Waals surface area contributed by atoms with Crippen LogP contribution in [0.2, 0.25) is 10.0 Å². The lowest BCUT2D eigenvalue weighted by atomic mass is 10.0. The molecule has 0 radical (unpaired) electrons. The Morgan fingerprint density at radius 1 is 0.287 bits per heavy atom. The van der Waals surface area contributed by atoms with E-state index >= 15 is 0 Å². The average molecular weight is 1780 g/mol. The first-order valence-electron chi connectivity index (χ1n) is 37.9. The van der Waals surface area contributed by atoms with Crippen molar-refractivity contribution >= 4 is 121 Å². The zero-order valence-corrected chi connectivity index (χ0v) is 68.9. The summed E-state index contributed by atoms with van der Waals surface area (Å²) in [5.41, 5.74) is 21.8. The lowest BCUT2D eigenvalue weighted by Crippen LogP contribution is -1.91. The second-order valence-electron chi connectivity index (χ2n) is 28.3. The molecule has 0 fully saturated rings. The van der Waals surface area contributed by atoms with E-state index in [0.29, 0.717) is 61.7 Å². The van der Waals surface area contributed by atoms with Crippen LogP contribution in [-0.4, -0.2) is 79.5 Å². The fraction of sp³-hybridized carbons (Fsp3) is 0.0213. The Hall–Kier alpha value is -15.2. The number of hydrogen-bond donors (Lipinski definition) is 8. The summed E-state index contributed by atoms with van der Waals surface area (Å²) < 4.78 is 1.94. The van der Waals surface area contributed by atoms with Crippen LogP contribution in [-0.2, 0) is 0 Å². The number of aryl methyl sites for hydroxylation is 2. The Labute approximate surface area is 719 Å². The molecule has 0 bridgehead atoms. The van der Waals surface area contributed by atoms with E-state index in [4.69, 9.17) is 43.1 Å². The molecule has 0 unspecified atom stereocenters. The number of benzene rings is 12. The topological polar surface area (TPSA) is 350 Å². The number of nitrogens with zero attached hydrogens (tertiary/aromatic N) is 8. The van der Waals surface area contributed by atoms with Gasteiger partial charge in [0.1, 0.15) is 23.3 Å². The number of para-hydroxylation sites is 2. The van der Waals surface area contributed by atoms with Gasteiger partial charge in [-0.15, -0.1) is 0 Å². The summed E-state index contributed by atoms with van der Waals surface area (Å²) in [6, 6.07) is 89.0. The van der Waals surface area contributed by atoms with E-state index in [9.17, 15) is 40.5 Å². The molecular formula is C94H64Br2Cl2N16O8. The molecule has 0 aliphatic rings. The van der Waals surface area contributed by atoms with Crippen molar-refractivity contribution in [3.8, 4) is 136 Å². The molecule has 596 valence electrons. The highest BCUT2D eigenvalue weighted by atomic mass is 79.9. The molecule has 8 aromatic heterocycles. The monoisotopic (exact) mass is 1770 g/mol. The maximum absolute atomic E-state index is 11.3. The third-order valence-electron chi connectivity index (χ3n) is 20.6. The van der Waals surface area contributed by atoms with Crippen molar-refractivity contribution in [3.05, 3.63) is 374 Å². The highest BCUT2D eigenvalue weighted by Crippen LogP contribution is 2.44. The molecule has 0 spiro atoms. The summed E-state index contributed by atoms with van der Waals surface area (Å²) in [6.45, 7) is 4.03. The minimum Gasteiger partial charge on any atom is -0.360 e. The van der Waals surface area contributed by atoms with E-state index in [2.05, 4.69) is 133 Å². The number of aromatic amines is 8. The molecule has 0 amide bonds. The smallest absolute Gasteiger partial charge is 0.270 e. The highest BCUT2D eigenvalue weighted by molar-refractivity contribution is 9.10. The Kier molecular flexibility index (Phi) is 22.1. The molecule has 20 aromatic rings. The normalized spacial score (nSPS) is 11.1. The number of halogens is 4. The van der Waals surface area contributed by atoms with E-state index in [1.807, 2.05) is 159 Å². The first-order valence-corrected chi connectivity index (χ1v) is 40.3.